The zero-order valence-electron chi connectivity index (χ0n) is 20.4. The minimum atomic E-state index is -4.42. The van der Waals surface area contributed by atoms with Gasteiger partial charge in [0.25, 0.3) is 10.0 Å². The van der Waals surface area contributed by atoms with Crippen LogP contribution in [0, 0.1) is 24.5 Å². The highest BCUT2D eigenvalue weighted by Gasteiger charge is 2.40. The van der Waals surface area contributed by atoms with Crippen molar-refractivity contribution in [3.05, 3.63) is 64.0 Å². The minimum absolute atomic E-state index is 0.00159. The number of methoxy groups -OCH3 is 1. The second-order valence-electron chi connectivity index (χ2n) is 8.78. The number of carboxylic acids is 1. The zero-order chi connectivity index (χ0) is 28.7. The number of benzene rings is 2. The Balaban J connectivity index is 1.60. The molecule has 1 aliphatic carbocycles. The number of rotatable bonds is 7. The van der Waals surface area contributed by atoms with Gasteiger partial charge in [-0.2, -0.15) is 21.6 Å². The lowest BCUT2D eigenvalue weighted by Gasteiger charge is -2.25. The van der Waals surface area contributed by atoms with Crippen molar-refractivity contribution < 1.29 is 45.0 Å². The SMILES string of the molecule is COc1cc(C(=O)O)c(F)cc1NS(=O)(=O)c1csc(-c2ccc(C3=CCC(C(F)(F)F)CC3)c(C)c2F)n1. The van der Waals surface area contributed by atoms with E-state index >= 15 is 4.39 Å². The molecular weight excluding hydrogens is 567 g/mol. The van der Waals surface area contributed by atoms with Gasteiger partial charge in [-0.1, -0.05) is 12.1 Å². The van der Waals surface area contributed by atoms with Crippen molar-refractivity contribution in [2.75, 3.05) is 11.8 Å². The summed E-state index contributed by atoms with van der Waals surface area (Å²) < 4.78 is 101. The van der Waals surface area contributed by atoms with Gasteiger partial charge in [-0.3, -0.25) is 4.72 Å². The standard InChI is InChI=1S/C25H21F5N2O5S2/c1-12-15(13-3-5-14(6-4-13)25(28,29)30)7-8-16(22(12)27)23-31-21(11-38-23)39(35,36)32-19-10-18(26)17(24(33)34)9-20(19)37-2/h3,7-11,14,32H,4-6H2,1-2H3,(H,33,34). The van der Waals surface area contributed by atoms with E-state index in [2.05, 4.69) is 9.71 Å². The van der Waals surface area contributed by atoms with Gasteiger partial charge in [-0.25, -0.2) is 18.6 Å². The first kappa shape index (κ1) is 28.5. The third-order valence-corrected chi connectivity index (χ3v) is 8.63. The minimum Gasteiger partial charge on any atom is -0.495 e. The average Bonchev–Trinajstić information content (AvgIpc) is 3.36. The Morgan fingerprint density at radius 3 is 2.49 bits per heavy atom. The Labute approximate surface area is 224 Å². The van der Waals surface area contributed by atoms with Crippen molar-refractivity contribution in [2.45, 2.75) is 37.4 Å². The second-order valence-corrected chi connectivity index (χ2v) is 11.3. The summed E-state index contributed by atoms with van der Waals surface area (Å²) in [6.07, 6.45) is -2.94. The van der Waals surface area contributed by atoms with Crippen LogP contribution in [0.1, 0.15) is 40.7 Å². The van der Waals surface area contributed by atoms with Crippen LogP contribution in [0.2, 0.25) is 0 Å². The molecule has 208 valence electrons. The highest BCUT2D eigenvalue weighted by atomic mass is 32.2. The number of allylic oxidation sites excluding steroid dienone is 2. The van der Waals surface area contributed by atoms with Crippen LogP contribution in [0.15, 0.2) is 40.7 Å². The molecule has 1 atom stereocenters. The molecule has 4 rings (SSSR count). The third kappa shape index (κ3) is 5.76. The average molecular weight is 589 g/mol. The van der Waals surface area contributed by atoms with E-state index in [1.807, 2.05) is 0 Å². The number of thiazole rings is 1. The van der Waals surface area contributed by atoms with Crippen LogP contribution in [0.4, 0.5) is 27.6 Å². The lowest BCUT2D eigenvalue weighted by atomic mass is 9.84. The summed E-state index contributed by atoms with van der Waals surface area (Å²) >= 11 is 0.834. The molecule has 0 saturated heterocycles. The van der Waals surface area contributed by atoms with E-state index in [9.17, 15) is 30.8 Å². The van der Waals surface area contributed by atoms with E-state index < -0.39 is 50.3 Å². The number of halogens is 5. The van der Waals surface area contributed by atoms with E-state index in [0.717, 1.165) is 29.9 Å². The van der Waals surface area contributed by atoms with Crippen LogP contribution in [0.5, 0.6) is 5.75 Å². The molecule has 7 nitrogen and oxygen atoms in total. The second kappa shape index (κ2) is 10.6. The number of hydrogen-bond donors (Lipinski definition) is 2. The van der Waals surface area contributed by atoms with Gasteiger partial charge in [-0.05, 0) is 55.0 Å². The highest BCUT2D eigenvalue weighted by molar-refractivity contribution is 7.92. The summed E-state index contributed by atoms with van der Waals surface area (Å²) in [7, 11) is -3.27. The number of nitrogens with zero attached hydrogens (tertiary/aromatic N) is 1. The summed E-state index contributed by atoms with van der Waals surface area (Å²) in [6.45, 7) is 1.49. The van der Waals surface area contributed by atoms with E-state index in [0.29, 0.717) is 17.2 Å². The van der Waals surface area contributed by atoms with Crippen molar-refractivity contribution in [3.8, 4) is 16.3 Å². The van der Waals surface area contributed by atoms with Crippen LogP contribution in [0.25, 0.3) is 16.1 Å². The Hall–Kier alpha value is -3.52. The molecule has 14 heteroatoms. The van der Waals surface area contributed by atoms with Gasteiger partial charge in [0.05, 0.1) is 24.3 Å². The van der Waals surface area contributed by atoms with Gasteiger partial charge in [0, 0.05) is 17.0 Å². The maximum atomic E-state index is 15.4. The monoisotopic (exact) mass is 588 g/mol. The topological polar surface area (TPSA) is 106 Å². The number of sulfonamides is 1. The number of aromatic nitrogens is 1. The lowest BCUT2D eigenvalue weighted by Crippen LogP contribution is -2.24. The van der Waals surface area contributed by atoms with Crippen LogP contribution in [0.3, 0.4) is 0 Å². The maximum Gasteiger partial charge on any atom is 0.392 e. The first-order valence-electron chi connectivity index (χ1n) is 11.4. The fourth-order valence-corrected chi connectivity index (χ4v) is 6.42. The largest absolute Gasteiger partial charge is 0.495 e. The summed E-state index contributed by atoms with van der Waals surface area (Å²) in [5, 5.41) is 9.73. The molecule has 0 amide bonds. The zero-order valence-corrected chi connectivity index (χ0v) is 22.0. The highest BCUT2D eigenvalue weighted by Crippen LogP contribution is 2.41. The molecule has 0 spiro atoms. The Kier molecular flexibility index (Phi) is 7.72. The molecule has 2 N–H and O–H groups in total. The van der Waals surface area contributed by atoms with E-state index in [1.54, 1.807) is 6.07 Å². The smallest absolute Gasteiger partial charge is 0.392 e. The summed E-state index contributed by atoms with van der Waals surface area (Å²) in [4.78, 5) is 15.2. The molecule has 1 unspecified atom stereocenters. The first-order valence-corrected chi connectivity index (χ1v) is 13.7. The number of carboxylic acid groups (broad SMARTS) is 1. The maximum absolute atomic E-state index is 15.4. The number of carbonyl (C=O) groups is 1. The number of aromatic carboxylic acids is 1. The number of hydrogen-bond acceptors (Lipinski definition) is 6. The number of nitrogens with one attached hydrogen (secondary N) is 1. The van der Waals surface area contributed by atoms with Gasteiger partial charge < -0.3 is 9.84 Å². The van der Waals surface area contributed by atoms with Crippen LogP contribution in [-0.4, -0.2) is 37.8 Å². The Morgan fingerprint density at radius 2 is 1.90 bits per heavy atom. The molecule has 0 radical (unpaired) electrons. The van der Waals surface area contributed by atoms with Crippen LogP contribution >= 0.6 is 11.3 Å². The number of alkyl halides is 3. The summed E-state index contributed by atoms with van der Waals surface area (Å²) in [5.74, 6) is -5.13. The van der Waals surface area contributed by atoms with Crippen molar-refractivity contribution in [2.24, 2.45) is 5.92 Å². The lowest BCUT2D eigenvalue weighted by molar-refractivity contribution is -0.175. The molecule has 0 aliphatic heterocycles. The predicted octanol–water partition coefficient (Wildman–Crippen LogP) is 6.65. The molecule has 39 heavy (non-hydrogen) atoms. The third-order valence-electron chi connectivity index (χ3n) is 6.36. The van der Waals surface area contributed by atoms with Gasteiger partial charge in [0.2, 0.25) is 0 Å². The molecule has 1 heterocycles. The van der Waals surface area contributed by atoms with Crippen molar-refractivity contribution >= 4 is 38.6 Å². The van der Waals surface area contributed by atoms with Crippen molar-refractivity contribution in [1.29, 1.82) is 0 Å². The summed E-state index contributed by atoms with van der Waals surface area (Å²) in [5.41, 5.74) is 0.197. The quantitative estimate of drug-likeness (QED) is 0.300. The van der Waals surface area contributed by atoms with E-state index in [4.69, 9.17) is 9.84 Å². The number of ether oxygens (including phenoxy) is 1. The molecule has 1 aliphatic rings. The molecular formula is C25H21F5N2O5S2. The van der Waals surface area contributed by atoms with Gasteiger partial charge in [0.15, 0.2) is 5.03 Å². The van der Waals surface area contributed by atoms with Gasteiger partial charge in [0.1, 0.15) is 22.4 Å². The molecule has 3 aromatic rings. The molecule has 0 bridgehead atoms. The normalized spacial score (nSPS) is 16.1. The molecule has 2 aromatic carbocycles. The van der Waals surface area contributed by atoms with E-state index in [-0.39, 0.29) is 46.8 Å². The fraction of sp³-hybridized carbons (Fsp3) is 0.280. The molecule has 0 fully saturated rings. The van der Waals surface area contributed by atoms with Gasteiger partial charge >= 0.3 is 12.1 Å². The van der Waals surface area contributed by atoms with Crippen LogP contribution in [-0.2, 0) is 10.0 Å². The first-order chi connectivity index (χ1) is 18.2. The van der Waals surface area contributed by atoms with Gasteiger partial charge in [-0.15, -0.1) is 11.3 Å². The summed E-state index contributed by atoms with van der Waals surface area (Å²) in [6, 6.07) is 4.44. The molecule has 1 aromatic heterocycles. The van der Waals surface area contributed by atoms with Crippen molar-refractivity contribution in [3.63, 3.8) is 0 Å². The number of anilines is 1. The Bertz CT molecular complexity index is 1580. The van der Waals surface area contributed by atoms with Crippen LogP contribution < -0.4 is 9.46 Å². The fourth-order valence-electron chi connectivity index (χ4n) is 4.24. The van der Waals surface area contributed by atoms with E-state index in [1.165, 1.54) is 19.1 Å². The molecule has 0 saturated carbocycles. The van der Waals surface area contributed by atoms with Crippen molar-refractivity contribution in [1.82, 2.24) is 4.98 Å². The predicted molar refractivity (Wildman–Crippen MR) is 134 cm³/mol. The Morgan fingerprint density at radius 1 is 1.21 bits per heavy atom.